The molecule has 1 radical (unpaired) electrons. The second-order valence-corrected chi connectivity index (χ2v) is 1.57. The molecule has 0 aromatic carbocycles. The molecule has 2 rings (SSSR count). The normalized spacial score (nSPS) is 24.7. The van der Waals surface area contributed by atoms with Gasteiger partial charge in [-0.05, 0) is 0 Å². The molecule has 0 fully saturated rings. The van der Waals surface area contributed by atoms with E-state index in [1.165, 1.54) is 12.7 Å². The quantitative estimate of drug-likeness (QED) is 0.511. The van der Waals surface area contributed by atoms with Gasteiger partial charge in [0.25, 0.3) is 0 Å². The molecule has 0 bridgehead atoms. The molecule has 7 heteroatoms. The number of rotatable bonds is 0. The Balaban J connectivity index is 0.000000605. The first-order chi connectivity index (χ1) is 4.97. The van der Waals surface area contributed by atoms with Gasteiger partial charge >= 0.3 is 0 Å². The van der Waals surface area contributed by atoms with E-state index in [0.29, 0.717) is 11.6 Å². The van der Waals surface area contributed by atoms with Crippen LogP contribution in [0.1, 0.15) is 0 Å². The molecule has 0 amide bonds. The molecule has 0 saturated carbocycles. The van der Waals surface area contributed by atoms with E-state index in [2.05, 4.69) is 30.4 Å². The zero-order valence-corrected chi connectivity index (χ0v) is 6.40. The van der Waals surface area contributed by atoms with Crippen LogP contribution in [-0.4, -0.2) is 12.7 Å². The molecule has 0 saturated heterocycles. The molecule has 11 heavy (non-hydrogen) atoms. The van der Waals surface area contributed by atoms with Crippen LogP contribution in [0, 0.1) is 0 Å². The molecule has 2 aliphatic heterocycles. The predicted molar refractivity (Wildman–Crippen MR) is 33.7 cm³/mol. The summed E-state index contributed by atoms with van der Waals surface area (Å²) in [5.41, 5.74) is 0. The minimum Gasteiger partial charge on any atom is -0.210 e. The summed E-state index contributed by atoms with van der Waals surface area (Å²) in [5, 5.41) is 14.3. The average Bonchev–Trinajstić information content (AvgIpc) is 2.59. The first-order valence-electron chi connectivity index (χ1n) is 2.58. The van der Waals surface area contributed by atoms with Crippen LogP contribution in [0.25, 0.3) is 0 Å². The largest absolute Gasteiger partial charge is 0.223 e. The van der Waals surface area contributed by atoms with Crippen LogP contribution < -0.4 is 0 Å². The van der Waals surface area contributed by atoms with E-state index in [9.17, 15) is 0 Å². The van der Waals surface area contributed by atoms with Gasteiger partial charge in [0.15, 0.2) is 0 Å². The molecule has 0 N–H and O–H groups in total. The van der Waals surface area contributed by atoms with Gasteiger partial charge < -0.3 is 0 Å². The van der Waals surface area contributed by atoms with Gasteiger partial charge in [0.2, 0.25) is 11.6 Å². The van der Waals surface area contributed by atoms with Gasteiger partial charge in [0.05, 0.1) is 0 Å². The summed E-state index contributed by atoms with van der Waals surface area (Å²) in [6.07, 6.45) is 2.68. The van der Waals surface area contributed by atoms with Crippen LogP contribution in [0.4, 0.5) is 0 Å². The van der Waals surface area contributed by atoms with Crippen molar-refractivity contribution in [3.8, 4) is 0 Å². The Bertz CT molecular complexity index is 240. The monoisotopic (exact) mass is 189 g/mol. The minimum absolute atomic E-state index is 0. The van der Waals surface area contributed by atoms with Crippen LogP contribution >= 0.6 is 0 Å². The standard InChI is InChI=1S/C4H2N6.Mn/c1-5-3(9-7-1)4-6-2-8-10-4;/h1-2H;. The zero-order valence-electron chi connectivity index (χ0n) is 5.22. The van der Waals surface area contributed by atoms with E-state index in [1.807, 2.05) is 0 Å². The summed E-state index contributed by atoms with van der Waals surface area (Å²) in [7, 11) is 0. The summed E-state index contributed by atoms with van der Waals surface area (Å²) in [5.74, 6) is 0.829. The van der Waals surface area contributed by atoms with Crippen LogP contribution in [0.3, 0.4) is 0 Å². The van der Waals surface area contributed by atoms with E-state index in [1.54, 1.807) is 0 Å². The topological polar surface area (TPSA) is 74.2 Å². The Morgan fingerprint density at radius 3 is 1.55 bits per heavy atom. The number of hydrogen-bond acceptors (Lipinski definition) is 6. The number of azo groups is 2. The van der Waals surface area contributed by atoms with Gasteiger partial charge in [0, 0.05) is 17.1 Å². The summed E-state index contributed by atoms with van der Waals surface area (Å²) in [6, 6.07) is 0. The van der Waals surface area contributed by atoms with Crippen molar-refractivity contribution in [2.24, 2.45) is 30.4 Å². The second-order valence-electron chi connectivity index (χ2n) is 1.57. The molecule has 6 nitrogen and oxygen atoms in total. The van der Waals surface area contributed by atoms with Gasteiger partial charge in [-0.2, -0.15) is 0 Å². The molecule has 0 unspecified atom stereocenters. The summed E-state index contributed by atoms with van der Waals surface area (Å²) in [4.78, 5) is 7.54. The van der Waals surface area contributed by atoms with Crippen molar-refractivity contribution in [1.82, 2.24) is 0 Å². The van der Waals surface area contributed by atoms with E-state index < -0.39 is 0 Å². The molecule has 2 heterocycles. The smallest absolute Gasteiger partial charge is 0.210 e. The van der Waals surface area contributed by atoms with Crippen molar-refractivity contribution in [3.63, 3.8) is 0 Å². The molecular weight excluding hydrogens is 187 g/mol. The number of nitrogens with zero attached hydrogens (tertiary/aromatic N) is 6. The van der Waals surface area contributed by atoms with E-state index in [-0.39, 0.29) is 17.1 Å². The number of aliphatic imine (C=N–C) groups is 2. The van der Waals surface area contributed by atoms with Crippen LogP contribution in [-0.2, 0) is 17.1 Å². The Labute approximate surface area is 72.4 Å². The predicted octanol–water partition coefficient (Wildman–Crippen LogP) is 1.10. The molecule has 55 valence electrons. The van der Waals surface area contributed by atoms with Crippen LogP contribution in [0.15, 0.2) is 42.1 Å². The first-order valence-corrected chi connectivity index (χ1v) is 2.58. The maximum Gasteiger partial charge on any atom is 0.223 e. The summed E-state index contributed by atoms with van der Waals surface area (Å²) in [6.45, 7) is 0. The van der Waals surface area contributed by atoms with Gasteiger partial charge in [-0.25, -0.2) is 9.98 Å². The van der Waals surface area contributed by atoms with Gasteiger partial charge in [0.1, 0.15) is 12.7 Å². The molecule has 0 aromatic rings. The number of hydrogen-bond donors (Lipinski definition) is 0. The van der Waals surface area contributed by atoms with E-state index in [4.69, 9.17) is 0 Å². The van der Waals surface area contributed by atoms with Crippen LogP contribution in [0.5, 0.6) is 0 Å². The molecule has 0 aromatic heterocycles. The third-order valence-electron chi connectivity index (χ3n) is 0.968. The Morgan fingerprint density at radius 1 is 0.818 bits per heavy atom. The van der Waals surface area contributed by atoms with Crippen molar-refractivity contribution in [3.05, 3.63) is 11.6 Å². The van der Waals surface area contributed by atoms with Crippen molar-refractivity contribution < 1.29 is 17.1 Å². The summed E-state index contributed by atoms with van der Waals surface area (Å²) >= 11 is 0. The Morgan fingerprint density at radius 2 is 1.27 bits per heavy atom. The fourth-order valence-corrected chi connectivity index (χ4v) is 0.579. The molecule has 2 aliphatic rings. The zero-order chi connectivity index (χ0) is 6.81. The van der Waals surface area contributed by atoms with Crippen molar-refractivity contribution in [2.45, 2.75) is 0 Å². The molecule has 0 spiro atoms. The molecule has 0 atom stereocenters. The van der Waals surface area contributed by atoms with Crippen molar-refractivity contribution in [2.75, 3.05) is 0 Å². The van der Waals surface area contributed by atoms with Crippen molar-refractivity contribution in [1.29, 1.82) is 0 Å². The van der Waals surface area contributed by atoms with Gasteiger partial charge in [-0.15, -0.1) is 20.5 Å². The maximum atomic E-state index is 3.77. The molecular formula is C4H2MnN6. The van der Waals surface area contributed by atoms with Gasteiger partial charge in [-0.3, -0.25) is 0 Å². The summed E-state index contributed by atoms with van der Waals surface area (Å²) < 4.78 is 0. The van der Waals surface area contributed by atoms with Gasteiger partial charge in [-0.1, -0.05) is 0 Å². The van der Waals surface area contributed by atoms with E-state index >= 15 is 0 Å². The van der Waals surface area contributed by atoms with Crippen molar-refractivity contribution >= 4 is 12.7 Å². The Kier molecular flexibility index (Phi) is 2.35. The maximum absolute atomic E-state index is 3.77. The minimum atomic E-state index is 0. The Hall–Kier alpha value is -1.20. The third-order valence-corrected chi connectivity index (χ3v) is 0.968. The SMILES string of the molecule is C1=NC(=C2N=CN=N2)N=N1.[Mn]. The fraction of sp³-hybridized carbons (Fsp3) is 0. The molecule has 0 aliphatic carbocycles. The third kappa shape index (κ3) is 1.44. The van der Waals surface area contributed by atoms with Crippen LogP contribution in [0.2, 0.25) is 0 Å². The fourth-order valence-electron chi connectivity index (χ4n) is 0.579. The van der Waals surface area contributed by atoms with E-state index in [0.717, 1.165) is 0 Å². The second kappa shape index (κ2) is 3.27. The first kappa shape index (κ1) is 7.90. The average molecular weight is 189 g/mol.